The zero-order valence-electron chi connectivity index (χ0n) is 24.5. The van der Waals surface area contributed by atoms with Crippen molar-refractivity contribution in [1.82, 2.24) is 9.66 Å². The van der Waals surface area contributed by atoms with Gasteiger partial charge in [0.15, 0.2) is 17.3 Å². The Hall–Kier alpha value is -3.95. The van der Waals surface area contributed by atoms with E-state index in [-0.39, 0.29) is 11.5 Å². The molecule has 0 bridgehead atoms. The van der Waals surface area contributed by atoms with Crippen molar-refractivity contribution >= 4 is 49.0 Å². The van der Waals surface area contributed by atoms with Gasteiger partial charge in [0.2, 0.25) is 0 Å². The molecule has 0 N–H and O–H groups in total. The van der Waals surface area contributed by atoms with Crippen LogP contribution in [0.4, 0.5) is 0 Å². The predicted molar refractivity (Wildman–Crippen MR) is 179 cm³/mol. The van der Waals surface area contributed by atoms with Crippen molar-refractivity contribution in [3.8, 4) is 28.6 Å². The predicted octanol–water partition coefficient (Wildman–Crippen LogP) is 8.50. The molecule has 0 atom stereocenters. The maximum Gasteiger partial charge on any atom is 0.282 e. The zero-order valence-corrected chi connectivity index (χ0v) is 27.7. The summed E-state index contributed by atoms with van der Waals surface area (Å²) in [5.74, 6) is 2.60. The van der Waals surface area contributed by atoms with Crippen molar-refractivity contribution in [2.45, 2.75) is 33.3 Å². The van der Waals surface area contributed by atoms with Gasteiger partial charge in [0, 0.05) is 20.1 Å². The van der Waals surface area contributed by atoms with Gasteiger partial charge in [-0.15, -0.1) is 0 Å². The largest absolute Gasteiger partial charge is 0.496 e. The monoisotopic (exact) mass is 703 g/mol. The van der Waals surface area contributed by atoms with E-state index in [1.54, 1.807) is 26.5 Å². The van der Waals surface area contributed by atoms with E-state index in [1.807, 2.05) is 73.7 Å². The molecule has 0 aliphatic heterocycles. The van der Waals surface area contributed by atoms with Gasteiger partial charge in [-0.2, -0.15) is 9.78 Å². The van der Waals surface area contributed by atoms with Gasteiger partial charge in [0.1, 0.15) is 12.4 Å². The van der Waals surface area contributed by atoms with Gasteiger partial charge in [0.05, 0.1) is 31.3 Å². The number of hydrogen-bond donors (Lipinski definition) is 0. The molecule has 43 heavy (non-hydrogen) atoms. The molecule has 0 amide bonds. The molecule has 0 unspecified atom stereocenters. The topological polar surface area (TPSA) is 74.9 Å². The van der Waals surface area contributed by atoms with E-state index < -0.39 is 0 Å². The fourth-order valence-corrected chi connectivity index (χ4v) is 5.94. The molecule has 5 aromatic rings. The highest BCUT2D eigenvalue weighted by Crippen LogP contribution is 2.34. The van der Waals surface area contributed by atoms with E-state index >= 15 is 0 Å². The molecule has 0 aliphatic carbocycles. The Labute approximate surface area is 267 Å². The van der Waals surface area contributed by atoms with Gasteiger partial charge in [-0.3, -0.25) is 4.79 Å². The van der Waals surface area contributed by atoms with Crippen molar-refractivity contribution in [1.29, 1.82) is 0 Å². The van der Waals surface area contributed by atoms with Crippen LogP contribution in [-0.2, 0) is 6.61 Å². The Kier molecular flexibility index (Phi) is 9.32. The lowest BCUT2D eigenvalue weighted by atomic mass is 9.96. The van der Waals surface area contributed by atoms with Crippen molar-refractivity contribution in [3.05, 3.63) is 114 Å². The molecule has 0 saturated carbocycles. The Morgan fingerprint density at radius 1 is 0.930 bits per heavy atom. The summed E-state index contributed by atoms with van der Waals surface area (Å²) >= 11 is 7.05. The van der Waals surface area contributed by atoms with Gasteiger partial charge in [-0.25, -0.2) is 4.98 Å². The van der Waals surface area contributed by atoms with Crippen LogP contribution in [0.1, 0.15) is 42.0 Å². The Bertz CT molecular complexity index is 1900. The molecule has 0 saturated heterocycles. The van der Waals surface area contributed by atoms with E-state index in [0.717, 1.165) is 42.5 Å². The number of benzene rings is 4. The fourth-order valence-electron chi connectivity index (χ4n) is 4.77. The summed E-state index contributed by atoms with van der Waals surface area (Å²) in [6, 6.07) is 22.8. The average molecular weight is 705 g/mol. The lowest BCUT2D eigenvalue weighted by Crippen LogP contribution is -2.20. The quantitative estimate of drug-likeness (QED) is 0.144. The average Bonchev–Trinajstić information content (AvgIpc) is 3.00. The van der Waals surface area contributed by atoms with Crippen molar-refractivity contribution < 1.29 is 14.2 Å². The van der Waals surface area contributed by atoms with Crippen molar-refractivity contribution in [3.63, 3.8) is 0 Å². The number of methoxy groups -OCH3 is 2. The molecule has 9 heteroatoms. The van der Waals surface area contributed by atoms with Crippen LogP contribution < -0.4 is 19.8 Å². The smallest absolute Gasteiger partial charge is 0.282 e. The molecular formula is C34H31Br2N3O4. The number of hydrogen-bond acceptors (Lipinski definition) is 6. The lowest BCUT2D eigenvalue weighted by Gasteiger charge is -2.17. The van der Waals surface area contributed by atoms with Crippen LogP contribution in [0.5, 0.6) is 17.2 Å². The van der Waals surface area contributed by atoms with Gasteiger partial charge >= 0.3 is 0 Å². The number of fused-ring (bicyclic) bond motifs is 1. The zero-order chi connectivity index (χ0) is 30.7. The summed E-state index contributed by atoms with van der Waals surface area (Å²) in [5, 5.41) is 5.14. The highest BCUT2D eigenvalue weighted by Gasteiger charge is 2.18. The SMILES string of the molecule is COc1cc(C=Nn2c(-c3cc(C(C)C)c(OC)cc3C)nc3ccccc3c2=O)ccc1OCc1ccc(Br)cc1Br. The third-order valence-corrected chi connectivity index (χ3v) is 8.33. The minimum Gasteiger partial charge on any atom is -0.496 e. The van der Waals surface area contributed by atoms with Gasteiger partial charge in [0.25, 0.3) is 5.56 Å². The van der Waals surface area contributed by atoms with E-state index in [9.17, 15) is 4.79 Å². The molecule has 1 aromatic heterocycles. The Balaban J connectivity index is 1.55. The van der Waals surface area contributed by atoms with E-state index in [2.05, 4.69) is 50.8 Å². The van der Waals surface area contributed by atoms with E-state index in [0.29, 0.717) is 34.8 Å². The highest BCUT2D eigenvalue weighted by atomic mass is 79.9. The standard InChI is InChI=1S/C34H31Br2N3O4/c1-20(2)26-17-27(21(3)14-31(26)41-4)33-38-29-9-7-6-8-25(29)34(40)39(33)37-18-22-10-13-30(32(15-22)42-5)43-19-23-11-12-24(35)16-28(23)36/h6-18,20H,19H2,1-5H3. The Morgan fingerprint density at radius 2 is 1.70 bits per heavy atom. The fraction of sp³-hybridized carbons (Fsp3) is 0.206. The van der Waals surface area contributed by atoms with E-state index in [1.165, 1.54) is 4.68 Å². The van der Waals surface area contributed by atoms with Gasteiger partial charge in [-0.1, -0.05) is 63.9 Å². The van der Waals surface area contributed by atoms with Gasteiger partial charge in [-0.05, 0) is 84.1 Å². The summed E-state index contributed by atoms with van der Waals surface area (Å²) in [6.07, 6.45) is 1.63. The van der Waals surface area contributed by atoms with Crippen LogP contribution >= 0.6 is 31.9 Å². The first-order valence-electron chi connectivity index (χ1n) is 13.7. The number of ether oxygens (including phenoxy) is 3. The summed E-state index contributed by atoms with van der Waals surface area (Å²) in [7, 11) is 3.26. The van der Waals surface area contributed by atoms with Crippen LogP contribution in [0.3, 0.4) is 0 Å². The first-order valence-corrected chi connectivity index (χ1v) is 15.3. The number of aryl methyl sites for hydroxylation is 1. The summed E-state index contributed by atoms with van der Waals surface area (Å²) < 4.78 is 20.6. The first kappa shape index (κ1) is 30.5. The second-order valence-electron chi connectivity index (χ2n) is 10.3. The van der Waals surface area contributed by atoms with E-state index in [4.69, 9.17) is 19.2 Å². The maximum absolute atomic E-state index is 13.8. The molecule has 0 aliphatic rings. The number of rotatable bonds is 9. The molecule has 220 valence electrons. The number of aromatic nitrogens is 2. The van der Waals surface area contributed by atoms with Crippen LogP contribution in [-0.4, -0.2) is 30.1 Å². The highest BCUT2D eigenvalue weighted by molar-refractivity contribution is 9.11. The summed E-state index contributed by atoms with van der Waals surface area (Å²) in [5.41, 5.74) is 4.84. The lowest BCUT2D eigenvalue weighted by molar-refractivity contribution is 0.284. The molecule has 0 fully saturated rings. The first-order chi connectivity index (χ1) is 20.7. The number of nitrogens with zero attached hydrogens (tertiary/aromatic N) is 3. The van der Waals surface area contributed by atoms with Crippen LogP contribution in [0.15, 0.2) is 91.6 Å². The van der Waals surface area contributed by atoms with Crippen LogP contribution in [0.25, 0.3) is 22.3 Å². The van der Waals surface area contributed by atoms with Crippen molar-refractivity contribution in [2.75, 3.05) is 14.2 Å². The van der Waals surface area contributed by atoms with Crippen LogP contribution in [0.2, 0.25) is 0 Å². The number of halogens is 2. The molecule has 1 heterocycles. The third kappa shape index (κ3) is 6.53. The summed E-state index contributed by atoms with van der Waals surface area (Å²) in [6.45, 7) is 6.55. The minimum atomic E-state index is -0.259. The summed E-state index contributed by atoms with van der Waals surface area (Å²) in [4.78, 5) is 18.7. The minimum absolute atomic E-state index is 0.205. The number of para-hydroxylation sites is 1. The molecular weight excluding hydrogens is 674 g/mol. The Morgan fingerprint density at radius 3 is 2.42 bits per heavy atom. The van der Waals surface area contributed by atoms with Crippen LogP contribution in [0, 0.1) is 6.92 Å². The molecule has 4 aromatic carbocycles. The van der Waals surface area contributed by atoms with Gasteiger partial charge < -0.3 is 14.2 Å². The molecule has 5 rings (SSSR count). The molecule has 7 nitrogen and oxygen atoms in total. The maximum atomic E-state index is 13.8. The van der Waals surface area contributed by atoms with Crippen molar-refractivity contribution in [2.24, 2.45) is 5.10 Å². The normalized spacial score (nSPS) is 11.4. The third-order valence-electron chi connectivity index (χ3n) is 7.10. The second kappa shape index (κ2) is 13.1. The second-order valence-corrected chi connectivity index (χ2v) is 12.1. The molecule has 0 radical (unpaired) electrons. The molecule has 0 spiro atoms.